The van der Waals surface area contributed by atoms with Crippen molar-refractivity contribution in [3.8, 4) is 11.5 Å². The maximum absolute atomic E-state index is 12.7. The fourth-order valence-corrected chi connectivity index (χ4v) is 1.97. The summed E-state index contributed by atoms with van der Waals surface area (Å²) in [5, 5.41) is 10.5. The molecule has 1 aromatic heterocycles. The van der Waals surface area contributed by atoms with Crippen LogP contribution in [0.4, 0.5) is 4.39 Å². The first-order chi connectivity index (χ1) is 9.22. The maximum Gasteiger partial charge on any atom is 0.128 e. The minimum Gasteiger partial charge on any atom is -0.507 e. The zero-order chi connectivity index (χ0) is 13.2. The summed E-state index contributed by atoms with van der Waals surface area (Å²) in [5.41, 5.74) is 1.71. The number of hydrogen-bond acceptors (Lipinski definition) is 2. The summed E-state index contributed by atoms with van der Waals surface area (Å²) >= 11 is 0. The molecule has 0 aliphatic rings. The topological polar surface area (TPSA) is 45.2 Å². The van der Waals surface area contributed by atoms with Crippen LogP contribution in [0.25, 0.3) is 10.9 Å². The Hall–Kier alpha value is -2.49. The minimum atomic E-state index is -0.289. The van der Waals surface area contributed by atoms with Gasteiger partial charge < -0.3 is 14.8 Å². The minimum absolute atomic E-state index is 0.238. The fourth-order valence-electron chi connectivity index (χ4n) is 1.97. The molecule has 2 N–H and O–H groups in total. The molecule has 0 saturated carbocycles. The molecule has 96 valence electrons. The third-order valence-corrected chi connectivity index (χ3v) is 2.90. The van der Waals surface area contributed by atoms with Crippen molar-refractivity contribution in [2.24, 2.45) is 0 Å². The number of ether oxygens (including phenoxy) is 1. The standard InChI is InChI=1S/C15H12FNO2/c16-10-4-6-12(7-5-10)19-9-11-8-13-14(17-11)2-1-3-15(13)18/h1-8,17-18H,9H2. The number of halogens is 1. The van der Waals surface area contributed by atoms with Crippen LogP contribution < -0.4 is 4.74 Å². The first-order valence-corrected chi connectivity index (χ1v) is 5.90. The van der Waals surface area contributed by atoms with Crippen molar-refractivity contribution in [2.45, 2.75) is 6.61 Å². The van der Waals surface area contributed by atoms with E-state index in [1.807, 2.05) is 12.1 Å². The van der Waals surface area contributed by atoms with Crippen LogP contribution in [0.3, 0.4) is 0 Å². The van der Waals surface area contributed by atoms with Gasteiger partial charge in [0.15, 0.2) is 0 Å². The number of hydrogen-bond donors (Lipinski definition) is 2. The summed E-state index contributed by atoms with van der Waals surface area (Å²) in [6, 6.07) is 13.0. The predicted molar refractivity (Wildman–Crippen MR) is 70.7 cm³/mol. The molecule has 3 aromatic rings. The number of H-pyrrole nitrogens is 1. The molecule has 0 aliphatic heterocycles. The van der Waals surface area contributed by atoms with Crippen LogP contribution in [-0.4, -0.2) is 10.1 Å². The highest BCUT2D eigenvalue weighted by Gasteiger charge is 2.05. The lowest BCUT2D eigenvalue weighted by Crippen LogP contribution is -1.95. The zero-order valence-electron chi connectivity index (χ0n) is 10.1. The maximum atomic E-state index is 12.7. The van der Waals surface area contributed by atoms with Crippen molar-refractivity contribution in [3.05, 3.63) is 60.0 Å². The molecule has 0 fully saturated rings. The van der Waals surface area contributed by atoms with E-state index in [9.17, 15) is 9.50 Å². The molecule has 2 aromatic carbocycles. The molecule has 0 unspecified atom stereocenters. The smallest absolute Gasteiger partial charge is 0.128 e. The van der Waals surface area contributed by atoms with Crippen molar-refractivity contribution in [1.29, 1.82) is 0 Å². The number of aromatic amines is 1. The third-order valence-electron chi connectivity index (χ3n) is 2.90. The van der Waals surface area contributed by atoms with Gasteiger partial charge in [-0.1, -0.05) is 6.07 Å². The second-order valence-electron chi connectivity index (χ2n) is 4.28. The summed E-state index contributed by atoms with van der Waals surface area (Å²) in [4.78, 5) is 3.16. The Morgan fingerprint density at radius 3 is 2.63 bits per heavy atom. The van der Waals surface area contributed by atoms with Crippen LogP contribution in [-0.2, 0) is 6.61 Å². The van der Waals surface area contributed by atoms with E-state index >= 15 is 0 Å². The van der Waals surface area contributed by atoms with Gasteiger partial charge in [-0.05, 0) is 42.5 Å². The highest BCUT2D eigenvalue weighted by molar-refractivity contribution is 5.86. The first kappa shape index (κ1) is 11.6. The second kappa shape index (κ2) is 4.65. The van der Waals surface area contributed by atoms with E-state index in [0.29, 0.717) is 12.4 Å². The van der Waals surface area contributed by atoms with Crippen LogP contribution in [0, 0.1) is 5.82 Å². The number of benzene rings is 2. The molecule has 1 heterocycles. The number of rotatable bonds is 3. The lowest BCUT2D eigenvalue weighted by molar-refractivity contribution is 0.302. The molecule has 19 heavy (non-hydrogen) atoms. The van der Waals surface area contributed by atoms with Crippen molar-refractivity contribution in [3.63, 3.8) is 0 Å². The van der Waals surface area contributed by atoms with Crippen LogP contribution in [0.2, 0.25) is 0 Å². The van der Waals surface area contributed by atoms with Gasteiger partial charge in [0.25, 0.3) is 0 Å². The molecule has 0 bridgehead atoms. The van der Waals surface area contributed by atoms with E-state index in [2.05, 4.69) is 4.98 Å². The molecular weight excluding hydrogens is 245 g/mol. The third kappa shape index (κ3) is 2.38. The number of fused-ring (bicyclic) bond motifs is 1. The summed E-state index contributed by atoms with van der Waals surface area (Å²) in [6.45, 7) is 0.333. The van der Waals surface area contributed by atoms with Gasteiger partial charge in [-0.2, -0.15) is 0 Å². The largest absolute Gasteiger partial charge is 0.507 e. The predicted octanol–water partition coefficient (Wildman–Crippen LogP) is 3.59. The summed E-state index contributed by atoms with van der Waals surface area (Å²) in [7, 11) is 0. The van der Waals surface area contributed by atoms with Crippen LogP contribution in [0.1, 0.15) is 5.69 Å². The molecule has 0 saturated heterocycles. The van der Waals surface area contributed by atoms with Crippen molar-refractivity contribution in [1.82, 2.24) is 4.98 Å². The Morgan fingerprint density at radius 2 is 1.89 bits per heavy atom. The number of nitrogens with one attached hydrogen (secondary N) is 1. The average Bonchev–Trinajstić information content (AvgIpc) is 2.83. The number of phenols is 1. The Morgan fingerprint density at radius 1 is 1.11 bits per heavy atom. The fraction of sp³-hybridized carbons (Fsp3) is 0.0667. The molecule has 0 spiro atoms. The van der Waals surface area contributed by atoms with E-state index in [-0.39, 0.29) is 11.6 Å². The first-order valence-electron chi connectivity index (χ1n) is 5.90. The van der Waals surface area contributed by atoms with Crippen molar-refractivity contribution >= 4 is 10.9 Å². The van der Waals surface area contributed by atoms with Crippen molar-refractivity contribution < 1.29 is 14.2 Å². The molecule has 3 nitrogen and oxygen atoms in total. The van der Waals surface area contributed by atoms with Crippen LogP contribution in [0.15, 0.2) is 48.5 Å². The van der Waals surface area contributed by atoms with Gasteiger partial charge in [-0.25, -0.2) is 4.39 Å². The molecular formula is C15H12FNO2. The summed E-state index contributed by atoms with van der Waals surface area (Å²) in [6.07, 6.45) is 0. The molecule has 4 heteroatoms. The van der Waals surface area contributed by atoms with E-state index < -0.39 is 0 Å². The molecule has 0 atom stereocenters. The van der Waals surface area contributed by atoms with Crippen LogP contribution in [0.5, 0.6) is 11.5 Å². The number of aromatic hydroxyl groups is 1. The summed E-state index contributed by atoms with van der Waals surface area (Å²) < 4.78 is 18.3. The zero-order valence-corrected chi connectivity index (χ0v) is 10.1. The lowest BCUT2D eigenvalue weighted by Gasteiger charge is -2.03. The van der Waals surface area contributed by atoms with Gasteiger partial charge in [0.05, 0.1) is 5.69 Å². The molecule has 0 radical (unpaired) electrons. The highest BCUT2D eigenvalue weighted by Crippen LogP contribution is 2.25. The van der Waals surface area contributed by atoms with Gasteiger partial charge in [-0.15, -0.1) is 0 Å². The number of aromatic nitrogens is 1. The van der Waals surface area contributed by atoms with Gasteiger partial charge in [0.1, 0.15) is 23.9 Å². The van der Waals surface area contributed by atoms with E-state index in [4.69, 9.17) is 4.74 Å². The Kier molecular flexibility index (Phi) is 2.83. The van der Waals surface area contributed by atoms with Gasteiger partial charge in [0.2, 0.25) is 0 Å². The second-order valence-corrected chi connectivity index (χ2v) is 4.28. The van der Waals surface area contributed by atoms with E-state index in [1.165, 1.54) is 12.1 Å². The molecule has 0 amide bonds. The SMILES string of the molecule is Oc1cccc2[nH]c(COc3ccc(F)cc3)cc12. The molecule has 0 aliphatic carbocycles. The van der Waals surface area contributed by atoms with Gasteiger partial charge in [0, 0.05) is 10.9 Å². The number of phenolic OH excluding ortho intramolecular Hbond substituents is 1. The average molecular weight is 257 g/mol. The summed E-state index contributed by atoms with van der Waals surface area (Å²) in [5.74, 6) is 0.550. The quantitative estimate of drug-likeness (QED) is 0.753. The van der Waals surface area contributed by atoms with Crippen molar-refractivity contribution in [2.75, 3.05) is 0 Å². The van der Waals surface area contributed by atoms with E-state index in [1.54, 1.807) is 24.3 Å². The monoisotopic (exact) mass is 257 g/mol. The van der Waals surface area contributed by atoms with Crippen LogP contribution >= 0.6 is 0 Å². The van der Waals surface area contributed by atoms with Gasteiger partial charge in [-0.3, -0.25) is 0 Å². The Labute approximate surface area is 109 Å². The highest BCUT2D eigenvalue weighted by atomic mass is 19.1. The Balaban J connectivity index is 1.78. The Bertz CT molecular complexity index is 704. The molecule has 3 rings (SSSR count). The normalized spacial score (nSPS) is 10.8. The van der Waals surface area contributed by atoms with E-state index in [0.717, 1.165) is 16.6 Å². The van der Waals surface area contributed by atoms with Gasteiger partial charge >= 0.3 is 0 Å². The lowest BCUT2D eigenvalue weighted by atomic mass is 10.2.